The predicted octanol–water partition coefficient (Wildman–Crippen LogP) is 5.37. The summed E-state index contributed by atoms with van der Waals surface area (Å²) in [5, 5.41) is 15.7. The zero-order valence-corrected chi connectivity index (χ0v) is 19.3. The number of carbonyl (C=O) groups is 1. The van der Waals surface area contributed by atoms with E-state index in [2.05, 4.69) is 37.2 Å². The van der Waals surface area contributed by atoms with Crippen molar-refractivity contribution in [3.05, 3.63) is 76.4 Å². The van der Waals surface area contributed by atoms with Gasteiger partial charge in [0.2, 0.25) is 5.91 Å². The van der Waals surface area contributed by atoms with Crippen molar-refractivity contribution in [3.63, 3.8) is 0 Å². The molecule has 1 saturated carbocycles. The van der Waals surface area contributed by atoms with E-state index in [1.165, 1.54) is 17.3 Å². The zero-order chi connectivity index (χ0) is 21.9. The molecule has 6 nitrogen and oxygen atoms in total. The number of carbonyl (C=O) groups excluding carboxylic acids is 1. The van der Waals surface area contributed by atoms with Crippen LogP contribution in [0.1, 0.15) is 35.2 Å². The van der Waals surface area contributed by atoms with Crippen molar-refractivity contribution in [1.29, 1.82) is 0 Å². The van der Waals surface area contributed by atoms with Crippen LogP contribution in [0.25, 0.3) is 11.3 Å². The Balaban J connectivity index is 1.22. The smallest absolute Gasteiger partial charge is 0.234 e. The topological polar surface area (TPSA) is 72.7 Å². The van der Waals surface area contributed by atoms with Crippen LogP contribution in [0.15, 0.2) is 65.1 Å². The summed E-state index contributed by atoms with van der Waals surface area (Å²) in [4.78, 5) is 17.1. The second kappa shape index (κ2) is 9.26. The minimum atomic E-state index is -0.0607. The Kier molecular flexibility index (Phi) is 6.05. The Morgan fingerprint density at radius 2 is 1.91 bits per heavy atom. The highest BCUT2D eigenvalue weighted by molar-refractivity contribution is 7.99. The quantitative estimate of drug-likeness (QED) is 0.357. The van der Waals surface area contributed by atoms with Crippen molar-refractivity contribution in [2.24, 2.45) is 0 Å². The summed E-state index contributed by atoms with van der Waals surface area (Å²) >= 11 is 3.06. The van der Waals surface area contributed by atoms with E-state index in [1.807, 2.05) is 54.8 Å². The molecular weight excluding hydrogens is 438 g/mol. The second-order valence-corrected chi connectivity index (χ2v) is 9.86. The fourth-order valence-electron chi connectivity index (χ4n) is 3.51. The summed E-state index contributed by atoms with van der Waals surface area (Å²) < 4.78 is 2.16. The van der Waals surface area contributed by atoms with Gasteiger partial charge in [0.25, 0.3) is 0 Å². The van der Waals surface area contributed by atoms with Crippen LogP contribution in [-0.2, 0) is 11.3 Å². The lowest BCUT2D eigenvalue weighted by Gasteiger charge is -2.10. The molecule has 2 aromatic heterocycles. The summed E-state index contributed by atoms with van der Waals surface area (Å²) in [5.41, 5.74) is 3.99. The number of anilines is 1. The lowest BCUT2D eigenvalue weighted by Crippen LogP contribution is -2.15. The fraction of sp³-hybridized carbons (Fsp3) is 0.250. The van der Waals surface area contributed by atoms with Gasteiger partial charge in [-0.15, -0.1) is 21.5 Å². The van der Waals surface area contributed by atoms with Gasteiger partial charge >= 0.3 is 0 Å². The number of benzene rings is 2. The molecular formula is C24H23N5OS2. The molecule has 32 heavy (non-hydrogen) atoms. The second-order valence-electron chi connectivity index (χ2n) is 7.85. The van der Waals surface area contributed by atoms with Crippen molar-refractivity contribution in [3.8, 4) is 11.3 Å². The minimum Gasteiger partial charge on any atom is -0.325 e. The van der Waals surface area contributed by atoms with Gasteiger partial charge in [0.05, 0.1) is 23.0 Å². The maximum absolute atomic E-state index is 12.6. The van der Waals surface area contributed by atoms with E-state index in [-0.39, 0.29) is 11.7 Å². The van der Waals surface area contributed by atoms with Crippen LogP contribution in [0.5, 0.6) is 0 Å². The van der Waals surface area contributed by atoms with Crippen LogP contribution in [0, 0.1) is 6.92 Å². The third-order valence-electron chi connectivity index (χ3n) is 5.29. The predicted molar refractivity (Wildman–Crippen MR) is 129 cm³/mol. The van der Waals surface area contributed by atoms with E-state index in [0.29, 0.717) is 5.92 Å². The number of aryl methyl sites for hydroxylation is 1. The van der Waals surface area contributed by atoms with Crippen molar-refractivity contribution in [2.45, 2.75) is 37.4 Å². The molecule has 0 unspecified atom stereocenters. The first-order chi connectivity index (χ1) is 15.7. The molecule has 1 aliphatic carbocycles. The molecule has 0 atom stereocenters. The lowest BCUT2D eigenvalue weighted by atomic mass is 10.1. The Morgan fingerprint density at radius 1 is 1.12 bits per heavy atom. The van der Waals surface area contributed by atoms with Gasteiger partial charge in [0.15, 0.2) is 5.16 Å². The standard InChI is InChI=1S/C24H23N5OS2/c1-16-25-21(14-31-16)18-9-11-20(12-10-18)26-22(30)15-32-24-28-27-23(19-7-8-19)29(24)13-17-5-3-2-4-6-17/h2-6,9-12,14,19H,7-8,13,15H2,1H3,(H,26,30). The highest BCUT2D eigenvalue weighted by Gasteiger charge is 2.30. The van der Waals surface area contributed by atoms with Crippen molar-refractivity contribution in [2.75, 3.05) is 11.1 Å². The van der Waals surface area contributed by atoms with E-state index in [0.717, 1.165) is 52.3 Å². The maximum Gasteiger partial charge on any atom is 0.234 e. The van der Waals surface area contributed by atoms with E-state index < -0.39 is 0 Å². The molecule has 0 saturated heterocycles. The van der Waals surface area contributed by atoms with Gasteiger partial charge in [0.1, 0.15) is 5.82 Å². The van der Waals surface area contributed by atoms with Gasteiger partial charge < -0.3 is 9.88 Å². The fourth-order valence-corrected chi connectivity index (χ4v) is 4.88. The molecule has 1 N–H and O–H groups in total. The number of thiazole rings is 1. The summed E-state index contributed by atoms with van der Waals surface area (Å²) in [6.45, 7) is 2.72. The molecule has 0 radical (unpaired) electrons. The number of nitrogens with one attached hydrogen (secondary N) is 1. The van der Waals surface area contributed by atoms with Crippen LogP contribution >= 0.6 is 23.1 Å². The Morgan fingerprint density at radius 3 is 2.59 bits per heavy atom. The first-order valence-electron chi connectivity index (χ1n) is 10.6. The molecule has 0 spiro atoms. The number of amides is 1. The van der Waals surface area contributed by atoms with Crippen LogP contribution in [0.4, 0.5) is 5.69 Å². The minimum absolute atomic E-state index is 0.0607. The average Bonchev–Trinajstić information content (AvgIpc) is 3.44. The number of nitrogens with zero attached hydrogens (tertiary/aromatic N) is 4. The monoisotopic (exact) mass is 461 g/mol. The molecule has 0 bridgehead atoms. The average molecular weight is 462 g/mol. The number of aromatic nitrogens is 4. The molecule has 0 aliphatic heterocycles. The third-order valence-corrected chi connectivity index (χ3v) is 7.03. The largest absolute Gasteiger partial charge is 0.325 e. The number of thioether (sulfide) groups is 1. The highest BCUT2D eigenvalue weighted by atomic mass is 32.2. The molecule has 2 heterocycles. The van der Waals surface area contributed by atoms with E-state index in [4.69, 9.17) is 0 Å². The summed E-state index contributed by atoms with van der Waals surface area (Å²) in [6, 6.07) is 18.1. The van der Waals surface area contributed by atoms with Gasteiger partial charge in [-0.2, -0.15) is 0 Å². The normalized spacial score (nSPS) is 13.3. The van der Waals surface area contributed by atoms with Crippen LogP contribution in [-0.4, -0.2) is 31.4 Å². The summed E-state index contributed by atoms with van der Waals surface area (Å²) in [5.74, 6) is 1.75. The van der Waals surface area contributed by atoms with E-state index in [1.54, 1.807) is 11.3 Å². The van der Waals surface area contributed by atoms with E-state index >= 15 is 0 Å². The Hall–Kier alpha value is -2.97. The first kappa shape index (κ1) is 20.9. The summed E-state index contributed by atoms with van der Waals surface area (Å²) in [6.07, 6.45) is 2.32. The van der Waals surface area contributed by atoms with Gasteiger partial charge in [-0.1, -0.05) is 54.2 Å². The van der Waals surface area contributed by atoms with Crippen molar-refractivity contribution in [1.82, 2.24) is 19.7 Å². The number of hydrogen-bond acceptors (Lipinski definition) is 6. The van der Waals surface area contributed by atoms with Gasteiger partial charge in [-0.05, 0) is 37.5 Å². The lowest BCUT2D eigenvalue weighted by molar-refractivity contribution is -0.113. The molecule has 2 aromatic carbocycles. The van der Waals surface area contributed by atoms with Gasteiger partial charge in [0, 0.05) is 22.5 Å². The Labute approximate surface area is 195 Å². The van der Waals surface area contributed by atoms with Crippen molar-refractivity contribution < 1.29 is 4.79 Å². The number of hydrogen-bond donors (Lipinski definition) is 1. The SMILES string of the molecule is Cc1nc(-c2ccc(NC(=O)CSc3nnc(C4CC4)n3Cc3ccccc3)cc2)cs1. The highest BCUT2D eigenvalue weighted by Crippen LogP contribution is 2.40. The van der Waals surface area contributed by atoms with Crippen LogP contribution in [0.2, 0.25) is 0 Å². The van der Waals surface area contributed by atoms with Crippen LogP contribution < -0.4 is 5.32 Å². The molecule has 1 aliphatic rings. The van der Waals surface area contributed by atoms with Gasteiger partial charge in [-0.3, -0.25) is 4.79 Å². The first-order valence-corrected chi connectivity index (χ1v) is 12.4. The zero-order valence-electron chi connectivity index (χ0n) is 17.7. The molecule has 5 rings (SSSR count). The molecule has 4 aromatic rings. The number of rotatable bonds is 8. The van der Waals surface area contributed by atoms with Gasteiger partial charge in [-0.25, -0.2) is 4.98 Å². The van der Waals surface area contributed by atoms with Crippen molar-refractivity contribution >= 4 is 34.7 Å². The molecule has 8 heteroatoms. The maximum atomic E-state index is 12.6. The third kappa shape index (κ3) is 4.92. The summed E-state index contributed by atoms with van der Waals surface area (Å²) in [7, 11) is 0. The molecule has 1 fully saturated rings. The van der Waals surface area contributed by atoms with Crippen LogP contribution in [0.3, 0.4) is 0 Å². The molecule has 162 valence electrons. The van der Waals surface area contributed by atoms with E-state index in [9.17, 15) is 4.79 Å². The molecule has 1 amide bonds. The Bertz CT molecular complexity index is 1210.